The molecule has 0 aromatic carbocycles. The maximum absolute atomic E-state index is 4.79. The molecule has 3 heteroatoms. The summed E-state index contributed by atoms with van der Waals surface area (Å²) in [5.41, 5.74) is 2.38. The summed E-state index contributed by atoms with van der Waals surface area (Å²) in [5.74, 6) is 1.66. The minimum atomic E-state index is 0.341. The van der Waals surface area contributed by atoms with E-state index in [0.29, 0.717) is 12.0 Å². The third kappa shape index (κ3) is 3.75. The van der Waals surface area contributed by atoms with Gasteiger partial charge in [-0.1, -0.05) is 32.6 Å². The van der Waals surface area contributed by atoms with E-state index in [1.165, 1.54) is 44.1 Å². The first-order valence-electron chi connectivity index (χ1n) is 7.79. The van der Waals surface area contributed by atoms with Crippen molar-refractivity contribution in [3.63, 3.8) is 0 Å². The molecule has 0 saturated heterocycles. The first kappa shape index (κ1) is 14.4. The molecule has 0 radical (unpaired) electrons. The highest BCUT2D eigenvalue weighted by atomic mass is 14.9. The second-order valence-electron chi connectivity index (χ2n) is 5.74. The van der Waals surface area contributed by atoms with Gasteiger partial charge in [0.25, 0.3) is 0 Å². The fourth-order valence-electron chi connectivity index (χ4n) is 3.07. The van der Waals surface area contributed by atoms with Crippen molar-refractivity contribution in [3.05, 3.63) is 23.3 Å². The fourth-order valence-corrected chi connectivity index (χ4v) is 3.07. The summed E-state index contributed by atoms with van der Waals surface area (Å²) in [4.78, 5) is 9.45. The maximum Gasteiger partial charge on any atom is 0.131 e. The summed E-state index contributed by atoms with van der Waals surface area (Å²) < 4.78 is 0. The van der Waals surface area contributed by atoms with E-state index in [1.54, 1.807) is 0 Å². The second kappa shape index (κ2) is 6.99. The van der Waals surface area contributed by atoms with Crippen LogP contribution in [0, 0.1) is 6.92 Å². The lowest BCUT2D eigenvalue weighted by Crippen LogP contribution is -2.20. The Morgan fingerprint density at radius 1 is 1.26 bits per heavy atom. The van der Waals surface area contributed by atoms with Gasteiger partial charge in [-0.25, -0.2) is 9.97 Å². The zero-order valence-electron chi connectivity index (χ0n) is 12.6. The fraction of sp³-hybridized carbons (Fsp3) is 0.750. The molecule has 1 heterocycles. The van der Waals surface area contributed by atoms with Crippen LogP contribution in [-0.2, 0) is 0 Å². The van der Waals surface area contributed by atoms with Crippen molar-refractivity contribution < 1.29 is 0 Å². The minimum Gasteiger partial charge on any atom is -0.310 e. The molecular weight excluding hydrogens is 234 g/mol. The smallest absolute Gasteiger partial charge is 0.131 e. The summed E-state index contributed by atoms with van der Waals surface area (Å²) in [7, 11) is 0. The predicted molar refractivity (Wildman–Crippen MR) is 79.3 cm³/mol. The van der Waals surface area contributed by atoms with E-state index < -0.39 is 0 Å². The number of aryl methyl sites for hydroxylation is 1. The second-order valence-corrected chi connectivity index (χ2v) is 5.74. The molecule has 1 fully saturated rings. The molecule has 1 aromatic heterocycles. The van der Waals surface area contributed by atoms with Gasteiger partial charge in [-0.15, -0.1) is 0 Å². The molecule has 1 saturated carbocycles. The van der Waals surface area contributed by atoms with Crippen LogP contribution in [0.15, 0.2) is 6.20 Å². The van der Waals surface area contributed by atoms with Gasteiger partial charge in [0.1, 0.15) is 5.82 Å². The van der Waals surface area contributed by atoms with Crippen LogP contribution in [0.4, 0.5) is 0 Å². The van der Waals surface area contributed by atoms with Crippen LogP contribution in [0.25, 0.3) is 0 Å². The summed E-state index contributed by atoms with van der Waals surface area (Å²) in [6.07, 6.45) is 10.0. The molecule has 2 rings (SSSR count). The van der Waals surface area contributed by atoms with E-state index >= 15 is 0 Å². The highest BCUT2D eigenvalue weighted by Gasteiger charge is 2.18. The Morgan fingerprint density at radius 3 is 2.53 bits per heavy atom. The molecule has 3 nitrogen and oxygen atoms in total. The van der Waals surface area contributed by atoms with Crippen molar-refractivity contribution in [1.82, 2.24) is 15.3 Å². The van der Waals surface area contributed by atoms with Crippen molar-refractivity contribution in [1.29, 1.82) is 0 Å². The van der Waals surface area contributed by atoms with Gasteiger partial charge >= 0.3 is 0 Å². The molecule has 1 N–H and O–H groups in total. The van der Waals surface area contributed by atoms with Gasteiger partial charge in [0, 0.05) is 29.4 Å². The van der Waals surface area contributed by atoms with Crippen molar-refractivity contribution in [2.75, 3.05) is 6.54 Å². The van der Waals surface area contributed by atoms with E-state index in [4.69, 9.17) is 4.98 Å². The van der Waals surface area contributed by atoms with Crippen LogP contribution < -0.4 is 5.32 Å². The predicted octanol–water partition coefficient (Wildman–Crippen LogP) is 3.89. The lowest BCUT2D eigenvalue weighted by Gasteiger charge is -2.17. The van der Waals surface area contributed by atoms with Crippen molar-refractivity contribution >= 4 is 0 Å². The number of nitrogens with zero attached hydrogens (tertiary/aromatic N) is 2. The average molecular weight is 261 g/mol. The van der Waals surface area contributed by atoms with E-state index in [1.807, 2.05) is 6.20 Å². The van der Waals surface area contributed by atoms with Gasteiger partial charge in [0.2, 0.25) is 0 Å². The van der Waals surface area contributed by atoms with Crippen LogP contribution in [0.2, 0.25) is 0 Å². The topological polar surface area (TPSA) is 37.8 Å². The summed E-state index contributed by atoms with van der Waals surface area (Å²) >= 11 is 0. The van der Waals surface area contributed by atoms with Crippen LogP contribution in [0.3, 0.4) is 0 Å². The SMILES string of the molecule is CCNC(C)c1cnc(C2CCCCCC2)nc1C. The van der Waals surface area contributed by atoms with Gasteiger partial charge < -0.3 is 5.32 Å². The van der Waals surface area contributed by atoms with E-state index in [-0.39, 0.29) is 0 Å². The summed E-state index contributed by atoms with van der Waals surface area (Å²) in [6, 6.07) is 0.341. The Bertz CT molecular complexity index is 395. The molecule has 19 heavy (non-hydrogen) atoms. The first-order valence-corrected chi connectivity index (χ1v) is 7.79. The quantitative estimate of drug-likeness (QED) is 0.835. The molecule has 1 aromatic rings. The Labute approximate surface area is 117 Å². The van der Waals surface area contributed by atoms with Crippen molar-refractivity contribution in [2.45, 2.75) is 71.3 Å². The van der Waals surface area contributed by atoms with Crippen molar-refractivity contribution in [2.24, 2.45) is 0 Å². The highest BCUT2D eigenvalue weighted by Crippen LogP contribution is 2.30. The largest absolute Gasteiger partial charge is 0.310 e. The highest BCUT2D eigenvalue weighted by molar-refractivity contribution is 5.20. The third-order valence-electron chi connectivity index (χ3n) is 4.23. The number of hydrogen-bond acceptors (Lipinski definition) is 3. The van der Waals surface area contributed by atoms with E-state index in [0.717, 1.165) is 18.1 Å². The lowest BCUT2D eigenvalue weighted by molar-refractivity contribution is 0.548. The molecule has 1 aliphatic carbocycles. The molecule has 106 valence electrons. The molecular formula is C16H27N3. The van der Waals surface area contributed by atoms with E-state index in [9.17, 15) is 0 Å². The molecule has 1 atom stereocenters. The van der Waals surface area contributed by atoms with Crippen LogP contribution in [0.5, 0.6) is 0 Å². The van der Waals surface area contributed by atoms with Gasteiger partial charge in [-0.2, -0.15) is 0 Å². The first-order chi connectivity index (χ1) is 9.22. The lowest BCUT2D eigenvalue weighted by atomic mass is 9.99. The summed E-state index contributed by atoms with van der Waals surface area (Å²) in [6.45, 7) is 7.41. The van der Waals surface area contributed by atoms with Gasteiger partial charge in [-0.05, 0) is 33.2 Å². The molecule has 1 unspecified atom stereocenters. The van der Waals surface area contributed by atoms with Crippen LogP contribution in [-0.4, -0.2) is 16.5 Å². The standard InChI is InChI=1S/C16H27N3/c1-4-17-12(2)15-11-18-16(19-13(15)3)14-9-7-5-6-8-10-14/h11-12,14,17H,4-10H2,1-3H3. The zero-order chi connectivity index (χ0) is 13.7. The van der Waals surface area contributed by atoms with Gasteiger partial charge in [-0.3, -0.25) is 0 Å². The van der Waals surface area contributed by atoms with Gasteiger partial charge in [0.05, 0.1) is 0 Å². The Morgan fingerprint density at radius 2 is 1.95 bits per heavy atom. The molecule has 0 spiro atoms. The molecule has 0 bridgehead atoms. The monoisotopic (exact) mass is 261 g/mol. The van der Waals surface area contributed by atoms with Gasteiger partial charge in [0.15, 0.2) is 0 Å². The Balaban J connectivity index is 2.13. The molecule has 0 amide bonds. The maximum atomic E-state index is 4.79. The third-order valence-corrected chi connectivity index (χ3v) is 4.23. The Hall–Kier alpha value is -0.960. The average Bonchev–Trinajstić information content (AvgIpc) is 2.67. The minimum absolute atomic E-state index is 0.341. The molecule has 1 aliphatic rings. The van der Waals surface area contributed by atoms with Crippen LogP contribution >= 0.6 is 0 Å². The number of nitrogens with one attached hydrogen (secondary N) is 1. The summed E-state index contributed by atoms with van der Waals surface area (Å²) in [5, 5.41) is 3.43. The number of aromatic nitrogens is 2. The van der Waals surface area contributed by atoms with E-state index in [2.05, 4.69) is 31.1 Å². The number of hydrogen-bond donors (Lipinski definition) is 1. The Kier molecular flexibility index (Phi) is 5.32. The zero-order valence-corrected chi connectivity index (χ0v) is 12.6. The molecule has 0 aliphatic heterocycles. The number of rotatable bonds is 4. The van der Waals surface area contributed by atoms with Crippen LogP contribution in [0.1, 0.15) is 81.4 Å². The van der Waals surface area contributed by atoms with Crippen molar-refractivity contribution in [3.8, 4) is 0 Å². The normalized spacial score (nSPS) is 19.1.